The van der Waals surface area contributed by atoms with Crippen LogP contribution in [0.4, 0.5) is 13.2 Å². The minimum absolute atomic E-state index is 0.196. The van der Waals surface area contributed by atoms with Gasteiger partial charge in [0.15, 0.2) is 0 Å². The maximum Gasteiger partial charge on any atom is 0.431 e. The van der Waals surface area contributed by atoms with Gasteiger partial charge in [-0.15, -0.1) is 0 Å². The summed E-state index contributed by atoms with van der Waals surface area (Å²) in [5.41, 5.74) is -0.136. The first kappa shape index (κ1) is 10.9. The standard InChI is InChI=1S/C11H10F3NO/c1-6-7-4-3-5-8(16-2)9(7)15-10(6)11(12,13)14/h3-5,15H,1-2H3. The fourth-order valence-electron chi connectivity index (χ4n) is 1.78. The van der Waals surface area contributed by atoms with Crippen LogP contribution in [-0.4, -0.2) is 12.1 Å². The van der Waals surface area contributed by atoms with E-state index in [9.17, 15) is 13.2 Å². The Balaban J connectivity index is 2.77. The lowest BCUT2D eigenvalue weighted by molar-refractivity contribution is -0.141. The van der Waals surface area contributed by atoms with Gasteiger partial charge in [0.05, 0.1) is 12.6 Å². The zero-order valence-electron chi connectivity index (χ0n) is 8.77. The third-order valence-corrected chi connectivity index (χ3v) is 2.56. The number of methoxy groups -OCH3 is 1. The van der Waals surface area contributed by atoms with Gasteiger partial charge in [-0.25, -0.2) is 0 Å². The van der Waals surface area contributed by atoms with E-state index in [1.807, 2.05) is 0 Å². The molecule has 0 atom stereocenters. The highest BCUT2D eigenvalue weighted by molar-refractivity contribution is 5.89. The normalized spacial score (nSPS) is 12.1. The minimum atomic E-state index is -4.37. The Kier molecular flexibility index (Phi) is 2.33. The van der Waals surface area contributed by atoms with Gasteiger partial charge < -0.3 is 9.72 Å². The monoisotopic (exact) mass is 229 g/mol. The highest BCUT2D eigenvalue weighted by Gasteiger charge is 2.35. The molecule has 0 saturated heterocycles. The molecule has 0 saturated carbocycles. The summed E-state index contributed by atoms with van der Waals surface area (Å²) in [4.78, 5) is 2.37. The molecule has 1 aromatic heterocycles. The number of hydrogen-bond acceptors (Lipinski definition) is 1. The molecule has 0 unspecified atom stereocenters. The number of para-hydroxylation sites is 1. The molecular formula is C11H10F3NO. The van der Waals surface area contributed by atoms with Crippen molar-refractivity contribution in [3.8, 4) is 5.75 Å². The second-order valence-corrected chi connectivity index (χ2v) is 3.51. The van der Waals surface area contributed by atoms with E-state index in [-0.39, 0.29) is 5.56 Å². The highest BCUT2D eigenvalue weighted by atomic mass is 19.4. The molecular weight excluding hydrogens is 219 g/mol. The number of benzene rings is 1. The molecule has 2 rings (SSSR count). The fourth-order valence-corrected chi connectivity index (χ4v) is 1.78. The van der Waals surface area contributed by atoms with Crippen molar-refractivity contribution in [1.82, 2.24) is 4.98 Å². The summed E-state index contributed by atoms with van der Waals surface area (Å²) in [5.74, 6) is 0.413. The molecule has 1 N–H and O–H groups in total. The Labute approximate surface area is 90.0 Å². The van der Waals surface area contributed by atoms with Crippen molar-refractivity contribution in [2.45, 2.75) is 13.1 Å². The summed E-state index contributed by atoms with van der Waals surface area (Å²) in [6, 6.07) is 4.93. The van der Waals surface area contributed by atoms with Gasteiger partial charge in [0.1, 0.15) is 11.4 Å². The second kappa shape index (κ2) is 3.43. The molecule has 0 radical (unpaired) electrons. The maximum absolute atomic E-state index is 12.7. The van der Waals surface area contributed by atoms with Gasteiger partial charge in [-0.2, -0.15) is 13.2 Å². The minimum Gasteiger partial charge on any atom is -0.495 e. The Morgan fingerprint density at radius 1 is 1.25 bits per heavy atom. The number of ether oxygens (including phenoxy) is 1. The summed E-state index contributed by atoms with van der Waals surface area (Å²) >= 11 is 0. The van der Waals surface area contributed by atoms with Crippen molar-refractivity contribution in [3.05, 3.63) is 29.5 Å². The molecule has 16 heavy (non-hydrogen) atoms. The number of rotatable bonds is 1. The Bertz CT molecular complexity index is 528. The molecule has 0 bridgehead atoms. The fraction of sp³-hybridized carbons (Fsp3) is 0.273. The SMILES string of the molecule is COc1cccc2c(C)c(C(F)(F)F)[nH]c12. The summed E-state index contributed by atoms with van der Waals surface area (Å²) in [7, 11) is 1.43. The Hall–Kier alpha value is -1.65. The first-order valence-electron chi connectivity index (χ1n) is 4.67. The van der Waals surface area contributed by atoms with Gasteiger partial charge in [0, 0.05) is 5.39 Å². The smallest absolute Gasteiger partial charge is 0.431 e. The number of hydrogen-bond donors (Lipinski definition) is 1. The largest absolute Gasteiger partial charge is 0.495 e. The molecule has 0 spiro atoms. The predicted molar refractivity (Wildman–Crippen MR) is 54.6 cm³/mol. The number of aromatic nitrogens is 1. The van der Waals surface area contributed by atoms with Crippen LogP contribution in [0.25, 0.3) is 10.9 Å². The van der Waals surface area contributed by atoms with E-state index in [4.69, 9.17) is 4.74 Å². The van der Waals surface area contributed by atoms with Crippen molar-refractivity contribution < 1.29 is 17.9 Å². The molecule has 0 aliphatic heterocycles. The molecule has 5 heteroatoms. The van der Waals surface area contributed by atoms with Crippen LogP contribution in [0.15, 0.2) is 18.2 Å². The van der Waals surface area contributed by atoms with Crippen LogP contribution in [0.1, 0.15) is 11.3 Å². The van der Waals surface area contributed by atoms with Crippen LogP contribution in [0.2, 0.25) is 0 Å². The van der Waals surface area contributed by atoms with Crippen LogP contribution in [-0.2, 0) is 6.18 Å². The quantitative estimate of drug-likeness (QED) is 0.795. The van der Waals surface area contributed by atoms with E-state index in [1.54, 1.807) is 18.2 Å². The van der Waals surface area contributed by atoms with Gasteiger partial charge in [-0.05, 0) is 18.6 Å². The van der Waals surface area contributed by atoms with Crippen LogP contribution < -0.4 is 4.74 Å². The first-order chi connectivity index (χ1) is 7.45. The van der Waals surface area contributed by atoms with Crippen molar-refractivity contribution >= 4 is 10.9 Å². The van der Waals surface area contributed by atoms with E-state index < -0.39 is 11.9 Å². The average molecular weight is 229 g/mol. The molecule has 86 valence electrons. The van der Waals surface area contributed by atoms with E-state index in [0.29, 0.717) is 16.7 Å². The zero-order valence-corrected chi connectivity index (χ0v) is 8.77. The van der Waals surface area contributed by atoms with E-state index in [2.05, 4.69) is 4.98 Å². The van der Waals surface area contributed by atoms with Crippen molar-refractivity contribution in [2.75, 3.05) is 7.11 Å². The number of aryl methyl sites for hydroxylation is 1. The summed E-state index contributed by atoms with van der Waals surface area (Å²) in [5, 5.41) is 0.534. The molecule has 1 aromatic carbocycles. The lowest BCUT2D eigenvalue weighted by Gasteiger charge is -2.04. The third-order valence-electron chi connectivity index (χ3n) is 2.56. The number of fused-ring (bicyclic) bond motifs is 1. The van der Waals surface area contributed by atoms with Gasteiger partial charge >= 0.3 is 6.18 Å². The second-order valence-electron chi connectivity index (χ2n) is 3.51. The average Bonchev–Trinajstić information content (AvgIpc) is 2.56. The van der Waals surface area contributed by atoms with Crippen LogP contribution >= 0.6 is 0 Å². The zero-order chi connectivity index (χ0) is 11.9. The molecule has 0 aliphatic rings. The van der Waals surface area contributed by atoms with Gasteiger partial charge in [0.25, 0.3) is 0 Å². The molecule has 0 amide bonds. The number of nitrogens with one attached hydrogen (secondary N) is 1. The lowest BCUT2D eigenvalue weighted by atomic mass is 10.1. The Morgan fingerprint density at radius 2 is 1.94 bits per heavy atom. The molecule has 1 heterocycles. The summed E-state index contributed by atoms with van der Waals surface area (Å²) in [6.45, 7) is 1.45. The number of H-pyrrole nitrogens is 1. The topological polar surface area (TPSA) is 25.0 Å². The summed E-state index contributed by atoms with van der Waals surface area (Å²) in [6.07, 6.45) is -4.37. The van der Waals surface area contributed by atoms with Crippen LogP contribution in [0, 0.1) is 6.92 Å². The molecule has 2 nitrogen and oxygen atoms in total. The molecule has 2 aromatic rings. The van der Waals surface area contributed by atoms with Crippen molar-refractivity contribution in [2.24, 2.45) is 0 Å². The van der Waals surface area contributed by atoms with E-state index in [1.165, 1.54) is 14.0 Å². The van der Waals surface area contributed by atoms with Crippen molar-refractivity contribution in [3.63, 3.8) is 0 Å². The predicted octanol–water partition coefficient (Wildman–Crippen LogP) is 3.50. The van der Waals surface area contributed by atoms with Gasteiger partial charge in [0.2, 0.25) is 0 Å². The Morgan fingerprint density at radius 3 is 2.50 bits per heavy atom. The van der Waals surface area contributed by atoms with E-state index in [0.717, 1.165) is 0 Å². The van der Waals surface area contributed by atoms with Gasteiger partial charge in [-0.1, -0.05) is 12.1 Å². The third kappa shape index (κ3) is 1.52. The first-order valence-corrected chi connectivity index (χ1v) is 4.67. The lowest BCUT2D eigenvalue weighted by Crippen LogP contribution is -2.06. The summed E-state index contributed by atoms with van der Waals surface area (Å²) < 4.78 is 43.0. The van der Waals surface area contributed by atoms with Crippen molar-refractivity contribution in [1.29, 1.82) is 0 Å². The molecule has 0 aliphatic carbocycles. The van der Waals surface area contributed by atoms with E-state index >= 15 is 0 Å². The highest BCUT2D eigenvalue weighted by Crippen LogP contribution is 2.37. The number of alkyl halides is 3. The maximum atomic E-state index is 12.7. The number of halogens is 3. The van der Waals surface area contributed by atoms with Crippen LogP contribution in [0.5, 0.6) is 5.75 Å². The number of aromatic amines is 1. The van der Waals surface area contributed by atoms with Gasteiger partial charge in [-0.3, -0.25) is 0 Å². The molecule has 0 fully saturated rings. The van der Waals surface area contributed by atoms with Crippen LogP contribution in [0.3, 0.4) is 0 Å².